The lowest BCUT2D eigenvalue weighted by atomic mass is 9.92. The molecule has 0 fully saturated rings. The van der Waals surface area contributed by atoms with Crippen LogP contribution in [-0.2, 0) is 12.1 Å². The Labute approximate surface area is 135 Å². The number of carbonyl (C=O) groups excluding carboxylic acids is 1. The van der Waals surface area contributed by atoms with Crippen molar-refractivity contribution in [1.82, 2.24) is 4.90 Å². The van der Waals surface area contributed by atoms with Crippen LogP contribution in [-0.4, -0.2) is 16.3 Å². The Bertz CT molecular complexity index is 713. The van der Waals surface area contributed by atoms with E-state index in [0.29, 0.717) is 22.7 Å². The first kappa shape index (κ1) is 15.2. The summed E-state index contributed by atoms with van der Waals surface area (Å²) in [5.41, 5.74) is 2.77. The van der Waals surface area contributed by atoms with Gasteiger partial charge in [0.15, 0.2) is 0 Å². The van der Waals surface area contributed by atoms with Gasteiger partial charge in [-0.3, -0.25) is 9.69 Å². The summed E-state index contributed by atoms with van der Waals surface area (Å²) in [6.45, 7) is 4.62. The minimum absolute atomic E-state index is 0.386. The first-order valence-electron chi connectivity index (χ1n) is 7.23. The molecule has 1 aliphatic rings. The van der Waals surface area contributed by atoms with E-state index in [1.54, 1.807) is 12.1 Å². The van der Waals surface area contributed by atoms with Gasteiger partial charge in [0.05, 0.1) is 0 Å². The van der Waals surface area contributed by atoms with E-state index in [1.807, 2.05) is 35.2 Å². The highest BCUT2D eigenvalue weighted by molar-refractivity contribution is 6.31. The Morgan fingerprint density at radius 1 is 1.23 bits per heavy atom. The Morgan fingerprint density at radius 3 is 2.55 bits per heavy atom. The van der Waals surface area contributed by atoms with Crippen LogP contribution in [0.3, 0.4) is 0 Å². The third kappa shape index (κ3) is 2.26. The van der Waals surface area contributed by atoms with Crippen LogP contribution in [0, 0.1) is 0 Å². The van der Waals surface area contributed by atoms with Gasteiger partial charge in [0.1, 0.15) is 12.5 Å². The summed E-state index contributed by atoms with van der Waals surface area (Å²) in [4.78, 5) is 13.2. The van der Waals surface area contributed by atoms with Gasteiger partial charge < -0.3 is 5.11 Å². The smallest absolute Gasteiger partial charge is 0.150 e. The summed E-state index contributed by atoms with van der Waals surface area (Å²) in [5, 5.41) is 11.3. The topological polar surface area (TPSA) is 40.5 Å². The number of fused-ring (bicyclic) bond motifs is 1. The van der Waals surface area contributed by atoms with Crippen molar-refractivity contribution in [3.05, 3.63) is 69.7 Å². The fourth-order valence-corrected chi connectivity index (χ4v) is 3.42. The van der Waals surface area contributed by atoms with Crippen LogP contribution >= 0.6 is 11.6 Å². The third-order valence-electron chi connectivity index (χ3n) is 4.55. The van der Waals surface area contributed by atoms with Crippen molar-refractivity contribution in [3.8, 4) is 0 Å². The molecular weight excluding hydrogens is 298 g/mol. The first-order chi connectivity index (χ1) is 10.5. The molecule has 22 heavy (non-hydrogen) atoms. The van der Waals surface area contributed by atoms with Gasteiger partial charge in [0.2, 0.25) is 0 Å². The summed E-state index contributed by atoms with van der Waals surface area (Å²) in [7, 11) is 0. The number of aliphatic hydroxyl groups excluding tert-OH is 1. The number of hydrogen-bond donors (Lipinski definition) is 1. The van der Waals surface area contributed by atoms with Crippen molar-refractivity contribution >= 4 is 17.9 Å². The maximum atomic E-state index is 11.3. The fraction of sp³-hybridized carbons (Fsp3) is 0.278. The largest absolute Gasteiger partial charge is 0.374 e. The van der Waals surface area contributed by atoms with E-state index in [-0.39, 0.29) is 5.54 Å². The SMILES string of the molecule is CC(C)(c1ccccc1)N1Cc2c(C=O)ccc(Cl)c2C1O. The van der Waals surface area contributed by atoms with Crippen LogP contribution in [0.5, 0.6) is 0 Å². The molecule has 1 N–H and O–H groups in total. The second-order valence-corrected chi connectivity index (χ2v) is 6.48. The average molecular weight is 316 g/mol. The maximum absolute atomic E-state index is 11.3. The monoisotopic (exact) mass is 315 g/mol. The molecule has 3 nitrogen and oxygen atoms in total. The molecular formula is C18H18ClNO2. The molecule has 0 bridgehead atoms. The van der Waals surface area contributed by atoms with Crippen LogP contribution in [0.4, 0.5) is 0 Å². The van der Waals surface area contributed by atoms with Crippen molar-refractivity contribution in [2.24, 2.45) is 0 Å². The number of aliphatic hydroxyl groups is 1. The van der Waals surface area contributed by atoms with Crippen LogP contribution in [0.1, 0.15) is 47.1 Å². The zero-order valence-corrected chi connectivity index (χ0v) is 13.3. The highest BCUT2D eigenvalue weighted by atomic mass is 35.5. The summed E-state index contributed by atoms with van der Waals surface area (Å²) < 4.78 is 0. The number of halogens is 1. The van der Waals surface area contributed by atoms with Crippen molar-refractivity contribution in [1.29, 1.82) is 0 Å². The Morgan fingerprint density at radius 2 is 1.91 bits per heavy atom. The summed E-state index contributed by atoms with van der Waals surface area (Å²) in [6, 6.07) is 13.4. The van der Waals surface area contributed by atoms with E-state index in [2.05, 4.69) is 13.8 Å². The van der Waals surface area contributed by atoms with Crippen LogP contribution < -0.4 is 0 Å². The zero-order valence-electron chi connectivity index (χ0n) is 12.6. The predicted molar refractivity (Wildman–Crippen MR) is 86.8 cm³/mol. The minimum Gasteiger partial charge on any atom is -0.374 e. The van der Waals surface area contributed by atoms with Crippen molar-refractivity contribution < 1.29 is 9.90 Å². The van der Waals surface area contributed by atoms with Gasteiger partial charge in [-0.2, -0.15) is 0 Å². The molecule has 0 saturated carbocycles. The lowest BCUT2D eigenvalue weighted by Crippen LogP contribution is -2.40. The Hall–Kier alpha value is -1.68. The van der Waals surface area contributed by atoms with Gasteiger partial charge in [-0.05, 0) is 37.1 Å². The molecule has 2 aromatic carbocycles. The molecule has 1 aliphatic heterocycles. The lowest BCUT2D eigenvalue weighted by Gasteiger charge is -2.38. The van der Waals surface area contributed by atoms with E-state index in [0.717, 1.165) is 17.4 Å². The normalized spacial score (nSPS) is 18.3. The number of benzene rings is 2. The molecule has 0 radical (unpaired) electrons. The van der Waals surface area contributed by atoms with Crippen LogP contribution in [0.2, 0.25) is 5.02 Å². The third-order valence-corrected chi connectivity index (χ3v) is 4.88. The van der Waals surface area contributed by atoms with Crippen molar-refractivity contribution in [3.63, 3.8) is 0 Å². The zero-order chi connectivity index (χ0) is 15.9. The molecule has 4 heteroatoms. The minimum atomic E-state index is -0.822. The standard InChI is InChI=1S/C18H18ClNO2/c1-18(2,13-6-4-3-5-7-13)20-10-14-12(11-21)8-9-15(19)16(14)17(20)22/h3-9,11,17,22H,10H2,1-2H3. The molecule has 1 atom stereocenters. The van der Waals surface area contributed by atoms with Crippen molar-refractivity contribution in [2.75, 3.05) is 0 Å². The molecule has 0 aromatic heterocycles. The van der Waals surface area contributed by atoms with E-state index < -0.39 is 6.23 Å². The predicted octanol–water partition coefficient (Wildman–Crippen LogP) is 3.89. The Kier molecular flexibility index (Phi) is 3.81. The summed E-state index contributed by atoms with van der Waals surface area (Å²) in [6.07, 6.45) is -0.00132. The second kappa shape index (κ2) is 5.51. The van der Waals surface area contributed by atoms with E-state index in [4.69, 9.17) is 11.6 Å². The molecule has 0 aliphatic carbocycles. The van der Waals surface area contributed by atoms with Gasteiger partial charge in [-0.1, -0.05) is 41.9 Å². The average Bonchev–Trinajstić information content (AvgIpc) is 2.88. The van der Waals surface area contributed by atoms with Gasteiger partial charge in [0.25, 0.3) is 0 Å². The van der Waals surface area contributed by atoms with Gasteiger partial charge in [-0.15, -0.1) is 0 Å². The van der Waals surface area contributed by atoms with E-state index >= 15 is 0 Å². The maximum Gasteiger partial charge on any atom is 0.150 e. The summed E-state index contributed by atoms with van der Waals surface area (Å²) in [5.74, 6) is 0. The fourth-order valence-electron chi connectivity index (χ4n) is 3.15. The molecule has 1 unspecified atom stereocenters. The molecule has 1 heterocycles. The molecule has 3 rings (SSSR count). The number of rotatable bonds is 3. The number of hydrogen-bond acceptors (Lipinski definition) is 3. The quantitative estimate of drug-likeness (QED) is 0.873. The molecule has 114 valence electrons. The second-order valence-electron chi connectivity index (χ2n) is 6.07. The molecule has 2 aromatic rings. The molecule has 0 saturated heterocycles. The van der Waals surface area contributed by atoms with Crippen LogP contribution in [0.15, 0.2) is 42.5 Å². The van der Waals surface area contributed by atoms with E-state index in [9.17, 15) is 9.90 Å². The van der Waals surface area contributed by atoms with Gasteiger partial charge >= 0.3 is 0 Å². The van der Waals surface area contributed by atoms with Crippen molar-refractivity contribution in [2.45, 2.75) is 32.2 Å². The lowest BCUT2D eigenvalue weighted by molar-refractivity contribution is -0.0532. The number of aldehydes is 1. The molecule has 0 spiro atoms. The highest BCUT2D eigenvalue weighted by Crippen LogP contribution is 2.44. The first-order valence-corrected chi connectivity index (χ1v) is 7.61. The number of carbonyl (C=O) groups is 1. The number of nitrogens with zero attached hydrogens (tertiary/aromatic N) is 1. The van der Waals surface area contributed by atoms with Gasteiger partial charge in [0, 0.05) is 28.2 Å². The highest BCUT2D eigenvalue weighted by Gasteiger charge is 2.41. The summed E-state index contributed by atoms with van der Waals surface area (Å²) >= 11 is 6.25. The molecule has 0 amide bonds. The van der Waals surface area contributed by atoms with Gasteiger partial charge in [-0.25, -0.2) is 0 Å². The van der Waals surface area contributed by atoms with E-state index in [1.165, 1.54) is 0 Å². The Balaban J connectivity index is 2.06. The van der Waals surface area contributed by atoms with Crippen LogP contribution in [0.25, 0.3) is 0 Å².